The van der Waals surface area contributed by atoms with Crippen LogP contribution in [0.15, 0.2) is 24.3 Å². The summed E-state index contributed by atoms with van der Waals surface area (Å²) in [6.45, 7) is 4.62. The molecule has 0 bridgehead atoms. The van der Waals surface area contributed by atoms with E-state index in [-0.39, 0.29) is 30.4 Å². The molecule has 2 N–H and O–H groups in total. The minimum atomic E-state index is -0.204. The Labute approximate surface area is 130 Å². The summed E-state index contributed by atoms with van der Waals surface area (Å²) in [7, 11) is 0. The molecule has 0 aliphatic carbocycles. The van der Waals surface area contributed by atoms with Gasteiger partial charge < -0.3 is 15.4 Å². The number of Topliss-reactive ketones (excluding diaryl/α,β-unsaturated/α-hetero) is 1. The lowest BCUT2D eigenvalue weighted by atomic mass is 10.1. The van der Waals surface area contributed by atoms with Gasteiger partial charge in [-0.3, -0.25) is 14.4 Å². The van der Waals surface area contributed by atoms with Crippen LogP contribution in [0.25, 0.3) is 0 Å². The highest BCUT2D eigenvalue weighted by Gasteiger charge is 2.09. The number of ketones is 1. The first kappa shape index (κ1) is 17.7. The Hall–Kier alpha value is -2.37. The predicted molar refractivity (Wildman–Crippen MR) is 82.9 cm³/mol. The second-order valence-electron chi connectivity index (χ2n) is 4.71. The second-order valence-corrected chi connectivity index (χ2v) is 4.71. The lowest BCUT2D eigenvalue weighted by Gasteiger charge is -2.06. The van der Waals surface area contributed by atoms with Crippen molar-refractivity contribution in [3.63, 3.8) is 0 Å². The maximum absolute atomic E-state index is 12.0. The van der Waals surface area contributed by atoms with E-state index in [1.807, 2.05) is 6.92 Å². The van der Waals surface area contributed by atoms with Crippen LogP contribution in [-0.2, 0) is 9.59 Å². The third-order valence-corrected chi connectivity index (χ3v) is 2.89. The van der Waals surface area contributed by atoms with Crippen molar-refractivity contribution in [2.75, 3.05) is 19.7 Å². The Morgan fingerprint density at radius 2 is 1.64 bits per heavy atom. The molecule has 0 spiro atoms. The number of hydrogen-bond acceptors (Lipinski definition) is 4. The third kappa shape index (κ3) is 6.88. The van der Waals surface area contributed by atoms with E-state index in [1.165, 1.54) is 6.92 Å². The highest BCUT2D eigenvalue weighted by Crippen LogP contribution is 2.13. The molecule has 0 atom stereocenters. The van der Waals surface area contributed by atoms with Gasteiger partial charge in [-0.2, -0.15) is 0 Å². The summed E-state index contributed by atoms with van der Waals surface area (Å²) in [6.07, 6.45) is 0.284. The fourth-order valence-electron chi connectivity index (χ4n) is 1.80. The molecule has 22 heavy (non-hydrogen) atoms. The molecule has 0 radical (unpaired) electrons. The average molecular weight is 306 g/mol. The molecule has 6 nitrogen and oxygen atoms in total. The van der Waals surface area contributed by atoms with Crippen molar-refractivity contribution < 1.29 is 19.1 Å². The molecular weight excluding hydrogens is 284 g/mol. The second kappa shape index (κ2) is 9.55. The van der Waals surface area contributed by atoms with Gasteiger partial charge in [-0.1, -0.05) is 0 Å². The Bertz CT molecular complexity index is 511. The predicted octanol–water partition coefficient (Wildman–Crippen LogP) is 1.30. The number of carbonyl (C=O) groups excluding carboxylic acids is 3. The van der Waals surface area contributed by atoms with Crippen LogP contribution < -0.4 is 15.4 Å². The molecule has 1 aromatic carbocycles. The molecule has 0 unspecified atom stereocenters. The van der Waals surface area contributed by atoms with Crippen LogP contribution in [0.1, 0.15) is 37.0 Å². The maximum Gasteiger partial charge on any atom is 0.220 e. The van der Waals surface area contributed by atoms with Gasteiger partial charge in [0.05, 0.1) is 6.61 Å². The van der Waals surface area contributed by atoms with Crippen LogP contribution in [0.4, 0.5) is 0 Å². The molecule has 0 aliphatic heterocycles. The topological polar surface area (TPSA) is 84.5 Å². The number of nitrogens with one attached hydrogen (secondary N) is 2. The van der Waals surface area contributed by atoms with Gasteiger partial charge in [0, 0.05) is 38.4 Å². The van der Waals surface area contributed by atoms with Crippen molar-refractivity contribution in [2.24, 2.45) is 0 Å². The van der Waals surface area contributed by atoms with Gasteiger partial charge in [0.1, 0.15) is 5.75 Å². The molecule has 0 heterocycles. The Kier molecular flexibility index (Phi) is 7.67. The van der Waals surface area contributed by atoms with Gasteiger partial charge in [-0.05, 0) is 31.2 Å². The van der Waals surface area contributed by atoms with E-state index in [0.29, 0.717) is 25.3 Å². The lowest BCUT2D eigenvalue weighted by Crippen LogP contribution is -2.33. The SMILES string of the molecule is CCOc1ccc(C(=O)CCC(=O)NCCNC(C)=O)cc1. The number of amides is 2. The van der Waals surface area contributed by atoms with E-state index >= 15 is 0 Å². The molecule has 0 fully saturated rings. The largest absolute Gasteiger partial charge is 0.494 e. The minimum Gasteiger partial charge on any atom is -0.494 e. The lowest BCUT2D eigenvalue weighted by molar-refractivity contribution is -0.122. The summed E-state index contributed by atoms with van der Waals surface area (Å²) in [5, 5.41) is 5.22. The zero-order valence-corrected chi connectivity index (χ0v) is 13.0. The van der Waals surface area contributed by atoms with Crippen LogP contribution in [0.2, 0.25) is 0 Å². The Morgan fingerprint density at radius 1 is 1.00 bits per heavy atom. The summed E-state index contributed by atoms with van der Waals surface area (Å²) in [5.74, 6) is 0.291. The van der Waals surface area contributed by atoms with Crippen molar-refractivity contribution in [3.8, 4) is 5.75 Å². The molecule has 6 heteroatoms. The van der Waals surface area contributed by atoms with Crippen molar-refractivity contribution >= 4 is 17.6 Å². The van der Waals surface area contributed by atoms with E-state index in [9.17, 15) is 14.4 Å². The summed E-state index contributed by atoms with van der Waals surface area (Å²) < 4.78 is 5.31. The summed E-state index contributed by atoms with van der Waals surface area (Å²) in [4.78, 5) is 34.2. The van der Waals surface area contributed by atoms with Gasteiger partial charge in [0.15, 0.2) is 5.78 Å². The summed E-state index contributed by atoms with van der Waals surface area (Å²) >= 11 is 0. The van der Waals surface area contributed by atoms with E-state index in [1.54, 1.807) is 24.3 Å². The summed E-state index contributed by atoms with van der Waals surface area (Å²) in [5.41, 5.74) is 0.564. The van der Waals surface area contributed by atoms with E-state index in [2.05, 4.69) is 10.6 Å². The number of rotatable bonds is 9. The molecule has 0 saturated carbocycles. The number of ether oxygens (including phenoxy) is 1. The quantitative estimate of drug-likeness (QED) is 0.532. The van der Waals surface area contributed by atoms with Gasteiger partial charge >= 0.3 is 0 Å². The van der Waals surface area contributed by atoms with E-state index in [0.717, 1.165) is 5.75 Å². The van der Waals surface area contributed by atoms with Crippen molar-refractivity contribution in [3.05, 3.63) is 29.8 Å². The van der Waals surface area contributed by atoms with Gasteiger partial charge in [0.25, 0.3) is 0 Å². The van der Waals surface area contributed by atoms with E-state index in [4.69, 9.17) is 4.74 Å². The highest BCUT2D eigenvalue weighted by atomic mass is 16.5. The normalized spacial score (nSPS) is 9.91. The van der Waals surface area contributed by atoms with Crippen LogP contribution >= 0.6 is 0 Å². The van der Waals surface area contributed by atoms with Gasteiger partial charge in [-0.15, -0.1) is 0 Å². The Balaban J connectivity index is 2.29. The van der Waals surface area contributed by atoms with Gasteiger partial charge in [0.2, 0.25) is 11.8 Å². The first-order valence-corrected chi connectivity index (χ1v) is 7.30. The monoisotopic (exact) mass is 306 g/mol. The zero-order chi connectivity index (χ0) is 16.4. The molecule has 0 aromatic heterocycles. The first-order chi connectivity index (χ1) is 10.5. The molecule has 0 saturated heterocycles. The molecule has 1 rings (SSSR count). The maximum atomic E-state index is 12.0. The van der Waals surface area contributed by atoms with Crippen LogP contribution in [-0.4, -0.2) is 37.3 Å². The highest BCUT2D eigenvalue weighted by molar-refractivity contribution is 5.98. The fraction of sp³-hybridized carbons (Fsp3) is 0.438. The van der Waals surface area contributed by atoms with Crippen LogP contribution in [0, 0.1) is 0 Å². The smallest absolute Gasteiger partial charge is 0.220 e. The molecular formula is C16H22N2O4. The molecule has 1 aromatic rings. The summed E-state index contributed by atoms with van der Waals surface area (Å²) in [6, 6.07) is 6.87. The fourth-order valence-corrected chi connectivity index (χ4v) is 1.80. The number of carbonyl (C=O) groups is 3. The zero-order valence-electron chi connectivity index (χ0n) is 13.0. The number of hydrogen-bond donors (Lipinski definition) is 2. The Morgan fingerprint density at radius 3 is 2.23 bits per heavy atom. The molecule has 0 aliphatic rings. The van der Waals surface area contributed by atoms with Crippen molar-refractivity contribution in [2.45, 2.75) is 26.7 Å². The third-order valence-electron chi connectivity index (χ3n) is 2.89. The average Bonchev–Trinajstić information content (AvgIpc) is 2.50. The molecule has 120 valence electrons. The van der Waals surface area contributed by atoms with Crippen LogP contribution in [0.5, 0.6) is 5.75 Å². The van der Waals surface area contributed by atoms with E-state index < -0.39 is 0 Å². The van der Waals surface area contributed by atoms with Crippen molar-refractivity contribution in [1.82, 2.24) is 10.6 Å². The van der Waals surface area contributed by atoms with Crippen LogP contribution in [0.3, 0.4) is 0 Å². The minimum absolute atomic E-state index is 0.0833. The van der Waals surface area contributed by atoms with Crippen molar-refractivity contribution in [1.29, 1.82) is 0 Å². The first-order valence-electron chi connectivity index (χ1n) is 7.30. The van der Waals surface area contributed by atoms with Gasteiger partial charge in [-0.25, -0.2) is 0 Å². The molecule has 2 amide bonds. The standard InChI is InChI=1S/C16H22N2O4/c1-3-22-14-6-4-13(5-7-14)15(20)8-9-16(21)18-11-10-17-12(2)19/h4-7H,3,8-11H2,1-2H3,(H,17,19)(H,18,21). The number of benzene rings is 1.